The van der Waals surface area contributed by atoms with Crippen molar-refractivity contribution in [1.82, 2.24) is 10.3 Å². The van der Waals surface area contributed by atoms with Crippen LogP contribution in [0.25, 0.3) is 0 Å². The Morgan fingerprint density at radius 2 is 2.38 bits per heavy atom. The van der Waals surface area contributed by atoms with E-state index in [0.29, 0.717) is 5.88 Å². The summed E-state index contributed by atoms with van der Waals surface area (Å²) in [5, 5.41) is 3.35. The molecule has 0 spiro atoms. The third-order valence-corrected chi connectivity index (χ3v) is 2.28. The zero-order valence-corrected chi connectivity index (χ0v) is 9.70. The van der Waals surface area contributed by atoms with Crippen LogP contribution in [0.2, 0.25) is 0 Å². The van der Waals surface area contributed by atoms with Gasteiger partial charge < -0.3 is 10.1 Å². The molecule has 86 valence electrons. The number of unbranched alkanes of at least 4 members (excludes halogenated alkanes) is 2. The summed E-state index contributed by atoms with van der Waals surface area (Å²) >= 11 is 0. The Morgan fingerprint density at radius 3 is 3.12 bits per heavy atom. The van der Waals surface area contributed by atoms with Crippen LogP contribution in [-0.2, 0) is 6.54 Å². The lowest BCUT2D eigenvalue weighted by molar-refractivity contribution is 0.390. The van der Waals surface area contributed by atoms with E-state index in [1.807, 2.05) is 12.1 Å². The van der Waals surface area contributed by atoms with Crippen molar-refractivity contribution in [1.29, 1.82) is 0 Å². The van der Waals surface area contributed by atoms with E-state index in [2.05, 4.69) is 16.2 Å². The maximum Gasteiger partial charge on any atom is 0.217 e. The van der Waals surface area contributed by atoms with E-state index in [1.165, 1.54) is 0 Å². The first-order chi connectivity index (χ1) is 7.88. The number of ether oxygens (including phenoxy) is 1. The van der Waals surface area contributed by atoms with Gasteiger partial charge in [-0.15, -0.1) is 12.3 Å². The highest BCUT2D eigenvalue weighted by Gasteiger charge is 2.01. The second kappa shape index (κ2) is 7.72. The summed E-state index contributed by atoms with van der Waals surface area (Å²) in [7, 11) is 1.64. The number of hydrogen-bond acceptors (Lipinski definition) is 3. The van der Waals surface area contributed by atoms with Crippen molar-refractivity contribution < 1.29 is 4.74 Å². The summed E-state index contributed by atoms with van der Waals surface area (Å²) in [6.45, 7) is 1.76. The van der Waals surface area contributed by atoms with Gasteiger partial charge in [-0.1, -0.05) is 6.07 Å². The van der Waals surface area contributed by atoms with Crippen LogP contribution in [0.4, 0.5) is 0 Å². The molecule has 0 aliphatic rings. The molecule has 3 heteroatoms. The fraction of sp³-hybridized carbons (Fsp3) is 0.462. The van der Waals surface area contributed by atoms with Crippen LogP contribution in [0.3, 0.4) is 0 Å². The van der Waals surface area contributed by atoms with Gasteiger partial charge in [0.25, 0.3) is 0 Å². The van der Waals surface area contributed by atoms with Gasteiger partial charge in [-0.05, 0) is 25.5 Å². The van der Waals surface area contributed by atoms with Crippen LogP contribution in [0.15, 0.2) is 18.3 Å². The van der Waals surface area contributed by atoms with Gasteiger partial charge in [0, 0.05) is 24.7 Å². The molecule has 0 unspecified atom stereocenters. The van der Waals surface area contributed by atoms with Crippen molar-refractivity contribution in [3.8, 4) is 18.2 Å². The highest BCUT2D eigenvalue weighted by atomic mass is 16.5. The van der Waals surface area contributed by atoms with Crippen LogP contribution in [-0.4, -0.2) is 18.6 Å². The molecule has 0 saturated carbocycles. The van der Waals surface area contributed by atoms with Crippen LogP contribution in [0, 0.1) is 12.3 Å². The first-order valence-corrected chi connectivity index (χ1v) is 5.50. The van der Waals surface area contributed by atoms with Gasteiger partial charge in [0.05, 0.1) is 7.11 Å². The Morgan fingerprint density at radius 1 is 1.50 bits per heavy atom. The van der Waals surface area contributed by atoms with E-state index in [9.17, 15) is 0 Å². The maximum absolute atomic E-state index is 5.18. The average molecular weight is 218 g/mol. The van der Waals surface area contributed by atoms with E-state index >= 15 is 0 Å². The molecule has 0 aliphatic heterocycles. The van der Waals surface area contributed by atoms with E-state index in [1.54, 1.807) is 13.3 Å². The van der Waals surface area contributed by atoms with Crippen LogP contribution in [0.5, 0.6) is 5.88 Å². The third kappa shape index (κ3) is 4.33. The first-order valence-electron chi connectivity index (χ1n) is 5.50. The average Bonchev–Trinajstić information content (AvgIpc) is 2.34. The minimum absolute atomic E-state index is 0.693. The summed E-state index contributed by atoms with van der Waals surface area (Å²) in [5.41, 5.74) is 1.09. The van der Waals surface area contributed by atoms with Crippen molar-refractivity contribution in [3.05, 3.63) is 23.9 Å². The molecular formula is C13H18N2O. The smallest absolute Gasteiger partial charge is 0.217 e. The number of aromatic nitrogens is 1. The number of pyridine rings is 1. The molecule has 0 saturated heterocycles. The molecule has 0 aromatic carbocycles. The van der Waals surface area contributed by atoms with Crippen LogP contribution in [0.1, 0.15) is 24.8 Å². The van der Waals surface area contributed by atoms with Gasteiger partial charge in [0.1, 0.15) is 0 Å². The fourth-order valence-electron chi connectivity index (χ4n) is 1.44. The fourth-order valence-corrected chi connectivity index (χ4v) is 1.44. The molecule has 16 heavy (non-hydrogen) atoms. The first kappa shape index (κ1) is 12.5. The zero-order valence-electron chi connectivity index (χ0n) is 9.70. The molecule has 1 rings (SSSR count). The monoisotopic (exact) mass is 218 g/mol. The second-order valence-electron chi connectivity index (χ2n) is 3.51. The number of terminal acetylenes is 1. The number of nitrogens with zero attached hydrogens (tertiary/aromatic N) is 1. The number of nitrogens with one attached hydrogen (secondary N) is 1. The minimum atomic E-state index is 0.693. The summed E-state index contributed by atoms with van der Waals surface area (Å²) in [6, 6.07) is 3.93. The molecule has 1 aromatic rings. The lowest BCUT2D eigenvalue weighted by Crippen LogP contribution is -2.15. The quantitative estimate of drug-likeness (QED) is 0.561. The van der Waals surface area contributed by atoms with Gasteiger partial charge in [-0.2, -0.15) is 0 Å². The lowest BCUT2D eigenvalue weighted by Gasteiger charge is -2.07. The molecule has 1 heterocycles. The maximum atomic E-state index is 5.18. The Balaban J connectivity index is 2.24. The normalized spacial score (nSPS) is 9.75. The van der Waals surface area contributed by atoms with Gasteiger partial charge in [-0.25, -0.2) is 4.98 Å². The molecule has 0 amide bonds. The Hall–Kier alpha value is -1.53. The summed E-state index contributed by atoms with van der Waals surface area (Å²) in [4.78, 5) is 4.14. The molecular weight excluding hydrogens is 200 g/mol. The predicted octanol–water partition coefficient (Wildman–Crippen LogP) is 1.98. The predicted molar refractivity (Wildman–Crippen MR) is 65.2 cm³/mol. The molecule has 3 nitrogen and oxygen atoms in total. The highest BCUT2D eigenvalue weighted by Crippen LogP contribution is 2.12. The molecule has 0 atom stereocenters. The third-order valence-electron chi connectivity index (χ3n) is 2.28. The van der Waals surface area contributed by atoms with E-state index in [0.717, 1.165) is 37.9 Å². The van der Waals surface area contributed by atoms with Crippen molar-refractivity contribution in [2.75, 3.05) is 13.7 Å². The van der Waals surface area contributed by atoms with Crippen molar-refractivity contribution in [2.24, 2.45) is 0 Å². The molecule has 0 aliphatic carbocycles. The topological polar surface area (TPSA) is 34.2 Å². The van der Waals surface area contributed by atoms with Crippen LogP contribution < -0.4 is 10.1 Å². The van der Waals surface area contributed by atoms with E-state index < -0.39 is 0 Å². The summed E-state index contributed by atoms with van der Waals surface area (Å²) in [5.74, 6) is 3.33. The van der Waals surface area contributed by atoms with Gasteiger partial charge in [-0.3, -0.25) is 0 Å². The number of rotatable bonds is 7. The molecule has 0 radical (unpaired) electrons. The second-order valence-corrected chi connectivity index (χ2v) is 3.51. The Labute approximate surface area is 97.2 Å². The molecule has 1 aromatic heterocycles. The van der Waals surface area contributed by atoms with Gasteiger partial charge >= 0.3 is 0 Å². The largest absolute Gasteiger partial charge is 0.481 e. The van der Waals surface area contributed by atoms with E-state index in [-0.39, 0.29) is 0 Å². The standard InChI is InChI=1S/C13H18N2O/c1-3-4-5-6-9-14-11-12-8-7-10-15-13(12)16-2/h1,7-8,10,14H,4-6,9,11H2,2H3. The van der Waals surface area contributed by atoms with Gasteiger partial charge in [0.2, 0.25) is 5.88 Å². The molecule has 0 fully saturated rings. The Kier molecular flexibility index (Phi) is 6.05. The van der Waals surface area contributed by atoms with E-state index in [4.69, 9.17) is 11.2 Å². The van der Waals surface area contributed by atoms with Crippen LogP contribution >= 0.6 is 0 Å². The zero-order chi connectivity index (χ0) is 11.6. The minimum Gasteiger partial charge on any atom is -0.481 e. The molecule has 0 bridgehead atoms. The highest BCUT2D eigenvalue weighted by molar-refractivity contribution is 5.24. The van der Waals surface area contributed by atoms with Gasteiger partial charge in [0.15, 0.2) is 0 Å². The Bertz CT molecular complexity index is 344. The number of methoxy groups -OCH3 is 1. The summed E-state index contributed by atoms with van der Waals surface area (Å²) in [6.07, 6.45) is 9.95. The lowest BCUT2D eigenvalue weighted by atomic mass is 10.2. The SMILES string of the molecule is C#CCCCCNCc1cccnc1OC. The number of hydrogen-bond donors (Lipinski definition) is 1. The summed E-state index contributed by atoms with van der Waals surface area (Å²) < 4.78 is 5.16. The van der Waals surface area contributed by atoms with Crippen molar-refractivity contribution in [3.63, 3.8) is 0 Å². The van der Waals surface area contributed by atoms with Crippen molar-refractivity contribution >= 4 is 0 Å². The molecule has 1 N–H and O–H groups in total. The van der Waals surface area contributed by atoms with Crippen molar-refractivity contribution in [2.45, 2.75) is 25.8 Å².